The Labute approximate surface area is 269 Å². The van der Waals surface area contributed by atoms with Crippen LogP contribution in [0.4, 0.5) is 0 Å². The highest BCUT2D eigenvalue weighted by molar-refractivity contribution is 6.74. The van der Waals surface area contributed by atoms with Crippen LogP contribution in [-0.2, 0) is 20.2 Å². The molecule has 0 aliphatic rings. The number of rotatable bonds is 22. The van der Waals surface area contributed by atoms with Gasteiger partial charge in [0, 0.05) is 6.61 Å². The molecule has 6 heteroatoms. The predicted molar refractivity (Wildman–Crippen MR) is 192 cm³/mol. The van der Waals surface area contributed by atoms with Crippen molar-refractivity contribution < 1.29 is 18.7 Å². The van der Waals surface area contributed by atoms with Gasteiger partial charge in [0.2, 0.25) is 0 Å². The number of benzene rings is 1. The second kappa shape index (κ2) is 19.7. The van der Waals surface area contributed by atoms with E-state index >= 15 is 0 Å². The van der Waals surface area contributed by atoms with Gasteiger partial charge in [-0.1, -0.05) is 142 Å². The van der Waals surface area contributed by atoms with E-state index in [0.29, 0.717) is 6.61 Å². The first-order chi connectivity index (χ1) is 20.0. The lowest BCUT2D eigenvalue weighted by atomic mass is 10.0. The molecule has 0 saturated carbocycles. The van der Waals surface area contributed by atoms with E-state index in [2.05, 4.69) is 117 Å². The number of aliphatic hydroxyl groups is 1. The van der Waals surface area contributed by atoms with Crippen LogP contribution >= 0.6 is 0 Å². The van der Waals surface area contributed by atoms with E-state index < -0.39 is 16.6 Å². The van der Waals surface area contributed by atoms with E-state index in [4.69, 9.17) is 13.6 Å². The minimum absolute atomic E-state index is 0.00920. The van der Waals surface area contributed by atoms with Gasteiger partial charge < -0.3 is 18.7 Å². The number of hydrogen-bond donors (Lipinski definition) is 1. The van der Waals surface area contributed by atoms with E-state index in [-0.39, 0.29) is 35.0 Å². The SMILES string of the molecule is CCCCCCCC[C@H](O[Si](C)(C)C(C)(C)C)[C@@H](/C=C/[C@@H](CCCCCO)O[Si](C)(C)C(C)(C)C)OCc1ccccc1. The molecule has 4 nitrogen and oxygen atoms in total. The zero-order valence-corrected chi connectivity index (χ0v) is 32.1. The van der Waals surface area contributed by atoms with Crippen LogP contribution in [0.15, 0.2) is 42.5 Å². The van der Waals surface area contributed by atoms with E-state index in [1.165, 1.54) is 37.7 Å². The standard InChI is InChI=1S/C37H70O4Si2/c1-12-13-14-15-16-22-27-35(41-43(10,11)37(5,6)7)34(39-31-32-24-19-17-20-25-32)29-28-33(26-21-18-23-30-38)40-42(8,9)36(2,3)4/h17,19-20,24-25,28-29,33-35,38H,12-16,18,21-23,26-27,30-31H2,1-11H3/b29-28+/t33-,34-,35+/m1/s1. The molecule has 250 valence electrons. The molecule has 0 fully saturated rings. The Morgan fingerprint density at radius 1 is 0.698 bits per heavy atom. The van der Waals surface area contributed by atoms with Crippen molar-refractivity contribution in [3.8, 4) is 0 Å². The van der Waals surface area contributed by atoms with Crippen LogP contribution in [0.2, 0.25) is 36.3 Å². The summed E-state index contributed by atoms with van der Waals surface area (Å²) in [5.41, 5.74) is 1.18. The molecule has 0 unspecified atom stereocenters. The molecule has 0 radical (unpaired) electrons. The van der Waals surface area contributed by atoms with Crippen molar-refractivity contribution >= 4 is 16.6 Å². The maximum absolute atomic E-state index is 9.33. The first-order valence-corrected chi connectivity index (χ1v) is 23.2. The van der Waals surface area contributed by atoms with Crippen molar-refractivity contribution in [2.45, 2.75) is 180 Å². The van der Waals surface area contributed by atoms with Gasteiger partial charge in [-0.15, -0.1) is 0 Å². The van der Waals surface area contributed by atoms with Crippen LogP contribution in [0.5, 0.6) is 0 Å². The molecule has 3 atom stereocenters. The lowest BCUT2D eigenvalue weighted by Crippen LogP contribution is -2.47. The van der Waals surface area contributed by atoms with E-state index in [1.54, 1.807) is 0 Å². The van der Waals surface area contributed by atoms with E-state index in [1.807, 2.05) is 0 Å². The molecule has 0 aliphatic carbocycles. The molecule has 0 aromatic heterocycles. The van der Waals surface area contributed by atoms with Crippen molar-refractivity contribution in [1.29, 1.82) is 0 Å². The summed E-state index contributed by atoms with van der Waals surface area (Å²) < 4.78 is 20.9. The summed E-state index contributed by atoms with van der Waals surface area (Å²) in [5.74, 6) is 0. The van der Waals surface area contributed by atoms with Gasteiger partial charge in [-0.3, -0.25) is 0 Å². The quantitative estimate of drug-likeness (QED) is 0.0783. The molecule has 1 aromatic carbocycles. The highest BCUT2D eigenvalue weighted by Gasteiger charge is 2.41. The highest BCUT2D eigenvalue weighted by atomic mass is 28.4. The third kappa shape index (κ3) is 15.9. The minimum Gasteiger partial charge on any atom is -0.411 e. The highest BCUT2D eigenvalue weighted by Crippen LogP contribution is 2.40. The summed E-state index contributed by atoms with van der Waals surface area (Å²) in [6.07, 6.45) is 17.0. The number of ether oxygens (including phenoxy) is 1. The van der Waals surface area contributed by atoms with Crippen molar-refractivity contribution in [2.75, 3.05) is 6.61 Å². The molecule has 1 rings (SSSR count). The van der Waals surface area contributed by atoms with Crippen LogP contribution in [0.25, 0.3) is 0 Å². The van der Waals surface area contributed by atoms with E-state index in [9.17, 15) is 5.11 Å². The van der Waals surface area contributed by atoms with Gasteiger partial charge in [-0.05, 0) is 61.1 Å². The van der Waals surface area contributed by atoms with Crippen molar-refractivity contribution in [3.05, 3.63) is 48.0 Å². The predicted octanol–water partition coefficient (Wildman–Crippen LogP) is 11.2. The van der Waals surface area contributed by atoms with Gasteiger partial charge in [0.15, 0.2) is 16.6 Å². The fourth-order valence-corrected chi connectivity index (χ4v) is 7.31. The van der Waals surface area contributed by atoms with Crippen LogP contribution in [-0.4, -0.2) is 46.7 Å². The summed E-state index contributed by atoms with van der Waals surface area (Å²) in [4.78, 5) is 0. The monoisotopic (exact) mass is 634 g/mol. The molecule has 0 aliphatic heterocycles. The topological polar surface area (TPSA) is 47.9 Å². The fraction of sp³-hybridized carbons (Fsp3) is 0.784. The summed E-state index contributed by atoms with van der Waals surface area (Å²) in [6.45, 7) is 26.4. The molecule has 1 aromatic rings. The summed E-state index contributed by atoms with van der Waals surface area (Å²) in [5, 5.41) is 9.59. The second-order valence-corrected chi connectivity index (χ2v) is 25.1. The number of hydrogen-bond acceptors (Lipinski definition) is 4. The molecule has 0 bridgehead atoms. The minimum atomic E-state index is -2.03. The second-order valence-electron chi connectivity index (χ2n) is 15.6. The Morgan fingerprint density at radius 3 is 1.81 bits per heavy atom. The Hall–Kier alpha value is -0.766. The number of unbranched alkanes of at least 4 members (excludes halogenated alkanes) is 7. The molecule has 0 amide bonds. The van der Waals surface area contributed by atoms with Crippen LogP contribution in [0.1, 0.15) is 125 Å². The molecule has 43 heavy (non-hydrogen) atoms. The third-order valence-corrected chi connectivity index (χ3v) is 18.7. The lowest BCUT2D eigenvalue weighted by Gasteiger charge is -2.41. The Kier molecular flexibility index (Phi) is 18.4. The first-order valence-electron chi connectivity index (χ1n) is 17.3. The maximum Gasteiger partial charge on any atom is 0.192 e. The van der Waals surface area contributed by atoms with Gasteiger partial charge in [-0.2, -0.15) is 0 Å². The lowest BCUT2D eigenvalue weighted by molar-refractivity contribution is -0.0171. The van der Waals surface area contributed by atoms with Crippen molar-refractivity contribution in [3.63, 3.8) is 0 Å². The largest absolute Gasteiger partial charge is 0.411 e. The fourth-order valence-electron chi connectivity index (χ4n) is 4.64. The van der Waals surface area contributed by atoms with Crippen LogP contribution < -0.4 is 0 Å². The van der Waals surface area contributed by atoms with Crippen molar-refractivity contribution in [2.24, 2.45) is 0 Å². The van der Waals surface area contributed by atoms with Gasteiger partial charge >= 0.3 is 0 Å². The van der Waals surface area contributed by atoms with Gasteiger partial charge in [0.1, 0.15) is 6.10 Å². The molecular formula is C37H70O4Si2. The summed E-state index contributed by atoms with van der Waals surface area (Å²) >= 11 is 0. The molecule has 0 heterocycles. The Bertz CT molecular complexity index is 871. The number of aliphatic hydroxyl groups excluding tert-OH is 1. The smallest absolute Gasteiger partial charge is 0.192 e. The zero-order valence-electron chi connectivity index (χ0n) is 30.1. The first kappa shape index (κ1) is 40.3. The average molecular weight is 635 g/mol. The summed E-state index contributed by atoms with van der Waals surface area (Å²) in [7, 11) is -4.00. The molecule has 0 spiro atoms. The molecule has 0 saturated heterocycles. The molecular weight excluding hydrogens is 565 g/mol. The van der Waals surface area contributed by atoms with Gasteiger partial charge in [0.05, 0.1) is 18.8 Å². The average Bonchev–Trinajstić information content (AvgIpc) is 2.91. The van der Waals surface area contributed by atoms with E-state index in [0.717, 1.165) is 38.5 Å². The Balaban J connectivity index is 3.35. The third-order valence-electron chi connectivity index (χ3n) is 9.66. The summed E-state index contributed by atoms with van der Waals surface area (Å²) in [6, 6.07) is 10.5. The van der Waals surface area contributed by atoms with Crippen LogP contribution in [0.3, 0.4) is 0 Å². The van der Waals surface area contributed by atoms with Crippen LogP contribution in [0, 0.1) is 0 Å². The van der Waals surface area contributed by atoms with Gasteiger partial charge in [0.25, 0.3) is 0 Å². The van der Waals surface area contributed by atoms with Crippen molar-refractivity contribution in [1.82, 2.24) is 0 Å². The van der Waals surface area contributed by atoms with Gasteiger partial charge in [-0.25, -0.2) is 0 Å². The maximum atomic E-state index is 9.33. The zero-order chi connectivity index (χ0) is 32.6. The molecule has 1 N–H and O–H groups in total. The normalized spacial score (nSPS) is 15.6. The Morgan fingerprint density at radius 2 is 1.23 bits per heavy atom.